The zero-order valence-electron chi connectivity index (χ0n) is 13.3. The van der Waals surface area contributed by atoms with E-state index in [2.05, 4.69) is 15.1 Å². The highest BCUT2D eigenvalue weighted by molar-refractivity contribution is 5.90. The Bertz CT molecular complexity index is 542. The highest BCUT2D eigenvalue weighted by atomic mass is 19.1. The molecule has 2 rings (SSSR count). The van der Waals surface area contributed by atoms with Gasteiger partial charge in [0, 0.05) is 51.3 Å². The molecule has 1 atom stereocenters. The van der Waals surface area contributed by atoms with Crippen molar-refractivity contribution in [2.24, 2.45) is 0 Å². The number of piperazine rings is 1. The number of halogens is 2. The fraction of sp³-hybridized carbons (Fsp3) is 0.562. The second-order valence-electron chi connectivity index (χ2n) is 5.87. The van der Waals surface area contributed by atoms with E-state index in [9.17, 15) is 13.6 Å². The molecule has 1 aliphatic heterocycles. The molecule has 1 fully saturated rings. The van der Waals surface area contributed by atoms with Gasteiger partial charge in [-0.25, -0.2) is 8.78 Å². The minimum atomic E-state index is -0.651. The van der Waals surface area contributed by atoms with Crippen LogP contribution in [0.15, 0.2) is 18.2 Å². The van der Waals surface area contributed by atoms with E-state index in [1.807, 2.05) is 7.05 Å². The van der Waals surface area contributed by atoms with Crippen LogP contribution in [-0.2, 0) is 4.79 Å². The van der Waals surface area contributed by atoms with Gasteiger partial charge in [-0.1, -0.05) is 0 Å². The van der Waals surface area contributed by atoms with Crippen molar-refractivity contribution in [2.75, 3.05) is 45.2 Å². The third-order valence-corrected chi connectivity index (χ3v) is 4.18. The highest BCUT2D eigenvalue weighted by Gasteiger charge is 2.24. The summed E-state index contributed by atoms with van der Waals surface area (Å²) in [5.41, 5.74) is -0.133. The number of hydrogen-bond acceptors (Lipinski definition) is 4. The number of likely N-dealkylation sites (N-methyl/N-ethyl adjacent to an activating group) is 1. The van der Waals surface area contributed by atoms with Crippen molar-refractivity contribution in [1.29, 1.82) is 0 Å². The normalized spacial score (nSPS) is 19.7. The summed E-state index contributed by atoms with van der Waals surface area (Å²) in [7, 11) is 2.02. The maximum absolute atomic E-state index is 13.5. The zero-order chi connectivity index (χ0) is 16.8. The molecular weight excluding hydrogens is 304 g/mol. The van der Waals surface area contributed by atoms with E-state index in [1.165, 1.54) is 0 Å². The molecule has 7 heteroatoms. The Morgan fingerprint density at radius 3 is 2.91 bits per heavy atom. The van der Waals surface area contributed by atoms with Crippen molar-refractivity contribution in [3.8, 4) is 0 Å². The van der Waals surface area contributed by atoms with Crippen molar-refractivity contribution in [3.63, 3.8) is 0 Å². The number of nitrogens with zero attached hydrogens (tertiary/aromatic N) is 2. The van der Waals surface area contributed by atoms with Crippen LogP contribution >= 0.6 is 0 Å². The molecule has 0 radical (unpaired) electrons. The number of carbonyl (C=O) groups excluding carboxylic acids is 1. The quantitative estimate of drug-likeness (QED) is 0.827. The van der Waals surface area contributed by atoms with Gasteiger partial charge in [0.2, 0.25) is 5.91 Å². The van der Waals surface area contributed by atoms with Crippen molar-refractivity contribution in [2.45, 2.75) is 18.9 Å². The van der Waals surface area contributed by atoms with Crippen LogP contribution in [0.1, 0.15) is 12.8 Å². The predicted octanol–water partition coefficient (Wildman–Crippen LogP) is 1.29. The Morgan fingerprint density at radius 2 is 2.17 bits per heavy atom. The molecule has 0 spiro atoms. The van der Waals surface area contributed by atoms with Gasteiger partial charge in [0.1, 0.15) is 11.6 Å². The first-order valence-corrected chi connectivity index (χ1v) is 7.78. The molecule has 1 amide bonds. The molecule has 0 aliphatic carbocycles. The molecule has 0 unspecified atom stereocenters. The second kappa shape index (κ2) is 8.33. The lowest BCUT2D eigenvalue weighted by atomic mass is 10.1. The smallest absolute Gasteiger partial charge is 0.225 e. The van der Waals surface area contributed by atoms with Crippen LogP contribution in [-0.4, -0.2) is 66.7 Å². The lowest BCUT2D eigenvalue weighted by Crippen LogP contribution is -2.52. The molecule has 1 aromatic rings. The third-order valence-electron chi connectivity index (χ3n) is 4.18. The average molecular weight is 327 g/mol. The van der Waals surface area contributed by atoms with E-state index in [1.54, 1.807) is 0 Å². The monoisotopic (exact) mass is 327 g/mol. The van der Waals surface area contributed by atoms with Gasteiger partial charge in [0.05, 0.1) is 5.69 Å². The molecule has 0 aromatic heterocycles. The number of anilines is 1. The Morgan fingerprint density at radius 1 is 1.39 bits per heavy atom. The first kappa shape index (κ1) is 17.8. The van der Waals surface area contributed by atoms with Gasteiger partial charge in [0.15, 0.2) is 0 Å². The topological polar surface area (TPSA) is 55.8 Å². The Hall–Kier alpha value is -1.57. The lowest BCUT2D eigenvalue weighted by molar-refractivity contribution is -0.116. The SMILES string of the molecule is CN1CCN(CCC(=O)Nc2cc(F)ccc2F)C[C@H]1CCO. The summed E-state index contributed by atoms with van der Waals surface area (Å²) in [6.07, 6.45) is 0.916. The van der Waals surface area contributed by atoms with E-state index in [0.717, 1.165) is 37.8 Å². The first-order chi connectivity index (χ1) is 11.0. The number of amides is 1. The lowest BCUT2D eigenvalue weighted by Gasteiger charge is -2.39. The van der Waals surface area contributed by atoms with Crippen molar-refractivity contribution >= 4 is 11.6 Å². The molecule has 5 nitrogen and oxygen atoms in total. The van der Waals surface area contributed by atoms with E-state index < -0.39 is 11.6 Å². The maximum Gasteiger partial charge on any atom is 0.225 e. The summed E-state index contributed by atoms with van der Waals surface area (Å²) < 4.78 is 26.6. The van der Waals surface area contributed by atoms with Crippen LogP contribution < -0.4 is 5.32 Å². The third kappa shape index (κ3) is 5.23. The van der Waals surface area contributed by atoms with Gasteiger partial charge < -0.3 is 15.3 Å². The van der Waals surface area contributed by atoms with Gasteiger partial charge in [-0.15, -0.1) is 0 Å². The van der Waals surface area contributed by atoms with Crippen LogP contribution in [0.25, 0.3) is 0 Å². The number of hydrogen-bond donors (Lipinski definition) is 2. The van der Waals surface area contributed by atoms with Crippen LogP contribution in [0.4, 0.5) is 14.5 Å². The van der Waals surface area contributed by atoms with Gasteiger partial charge in [-0.05, 0) is 25.6 Å². The van der Waals surface area contributed by atoms with Crippen LogP contribution in [0.2, 0.25) is 0 Å². The fourth-order valence-electron chi connectivity index (χ4n) is 2.74. The molecule has 1 heterocycles. The predicted molar refractivity (Wildman–Crippen MR) is 84.2 cm³/mol. The number of carbonyl (C=O) groups is 1. The molecule has 0 bridgehead atoms. The Labute approximate surface area is 134 Å². The molecule has 1 aromatic carbocycles. The fourth-order valence-corrected chi connectivity index (χ4v) is 2.74. The number of benzene rings is 1. The molecule has 1 saturated heterocycles. The van der Waals surface area contributed by atoms with E-state index in [0.29, 0.717) is 13.0 Å². The summed E-state index contributed by atoms with van der Waals surface area (Å²) in [4.78, 5) is 16.3. The van der Waals surface area contributed by atoms with Gasteiger partial charge in [-0.3, -0.25) is 9.69 Å². The minimum absolute atomic E-state index is 0.133. The summed E-state index contributed by atoms with van der Waals surface area (Å²) in [5.74, 6) is -1.58. The second-order valence-corrected chi connectivity index (χ2v) is 5.87. The molecular formula is C16H23F2N3O2. The first-order valence-electron chi connectivity index (χ1n) is 7.78. The van der Waals surface area contributed by atoms with Crippen molar-refractivity contribution in [1.82, 2.24) is 9.80 Å². The molecule has 1 aliphatic rings. The standard InChI is InChI=1S/C16H23F2N3O2/c1-20-7-8-21(11-13(20)5-9-22)6-4-16(23)19-15-10-12(17)2-3-14(15)18/h2-3,10,13,22H,4-9,11H2,1H3,(H,19,23)/t13-/m1/s1. The summed E-state index contributed by atoms with van der Waals surface area (Å²) >= 11 is 0. The van der Waals surface area contributed by atoms with Gasteiger partial charge in [0.25, 0.3) is 0 Å². The number of aliphatic hydroxyl groups is 1. The van der Waals surface area contributed by atoms with E-state index >= 15 is 0 Å². The van der Waals surface area contributed by atoms with Crippen LogP contribution in [0.5, 0.6) is 0 Å². The molecule has 2 N–H and O–H groups in total. The van der Waals surface area contributed by atoms with Crippen LogP contribution in [0, 0.1) is 11.6 Å². The summed E-state index contributed by atoms with van der Waals surface area (Å²) in [5, 5.41) is 11.5. The van der Waals surface area contributed by atoms with E-state index in [4.69, 9.17) is 5.11 Å². The molecule has 23 heavy (non-hydrogen) atoms. The summed E-state index contributed by atoms with van der Waals surface area (Å²) in [6.45, 7) is 3.21. The summed E-state index contributed by atoms with van der Waals surface area (Å²) in [6, 6.07) is 3.25. The number of rotatable bonds is 6. The highest BCUT2D eigenvalue weighted by Crippen LogP contribution is 2.16. The minimum Gasteiger partial charge on any atom is -0.396 e. The molecule has 0 saturated carbocycles. The van der Waals surface area contributed by atoms with Gasteiger partial charge in [-0.2, -0.15) is 0 Å². The van der Waals surface area contributed by atoms with Crippen LogP contribution in [0.3, 0.4) is 0 Å². The average Bonchev–Trinajstić information content (AvgIpc) is 2.52. The molecule has 128 valence electrons. The van der Waals surface area contributed by atoms with Crippen molar-refractivity contribution in [3.05, 3.63) is 29.8 Å². The van der Waals surface area contributed by atoms with E-state index in [-0.39, 0.29) is 30.7 Å². The Kier molecular flexibility index (Phi) is 6.44. The Balaban J connectivity index is 1.81. The number of nitrogens with one attached hydrogen (secondary N) is 1. The largest absolute Gasteiger partial charge is 0.396 e. The van der Waals surface area contributed by atoms with Crippen molar-refractivity contribution < 1.29 is 18.7 Å². The van der Waals surface area contributed by atoms with Gasteiger partial charge >= 0.3 is 0 Å². The number of aliphatic hydroxyl groups excluding tert-OH is 1. The zero-order valence-corrected chi connectivity index (χ0v) is 13.3. The maximum atomic E-state index is 13.5.